The Hall–Kier alpha value is -2.57. The van der Waals surface area contributed by atoms with Crippen molar-refractivity contribution in [2.24, 2.45) is 5.92 Å². The molecular formula is C30H49N3O4. The van der Waals surface area contributed by atoms with Crippen LogP contribution in [0, 0.1) is 5.92 Å². The predicted molar refractivity (Wildman–Crippen MR) is 148 cm³/mol. The number of alkyl carbamates (subject to hydrolysis) is 1. The number of hydrogen-bond donors (Lipinski definition) is 2. The van der Waals surface area contributed by atoms with E-state index in [1.54, 1.807) is 25.7 Å². The monoisotopic (exact) mass is 515 g/mol. The van der Waals surface area contributed by atoms with Gasteiger partial charge in [0.1, 0.15) is 17.7 Å². The summed E-state index contributed by atoms with van der Waals surface area (Å²) in [5.74, 6) is -0.256. The molecule has 2 atom stereocenters. The van der Waals surface area contributed by atoms with Crippen LogP contribution < -0.4 is 10.6 Å². The average molecular weight is 516 g/mol. The number of rotatable bonds is 11. The Balaban J connectivity index is 2.42. The summed E-state index contributed by atoms with van der Waals surface area (Å²) >= 11 is 0. The van der Waals surface area contributed by atoms with Gasteiger partial charge in [-0.2, -0.15) is 0 Å². The fourth-order valence-electron chi connectivity index (χ4n) is 4.89. The lowest BCUT2D eigenvalue weighted by Crippen LogP contribution is -2.54. The number of aryl methyl sites for hydroxylation is 1. The fourth-order valence-corrected chi connectivity index (χ4v) is 4.89. The van der Waals surface area contributed by atoms with Gasteiger partial charge < -0.3 is 20.3 Å². The normalized spacial score (nSPS) is 16.1. The van der Waals surface area contributed by atoms with Crippen LogP contribution in [0.5, 0.6) is 0 Å². The van der Waals surface area contributed by atoms with E-state index >= 15 is 0 Å². The molecular weight excluding hydrogens is 466 g/mol. The third kappa shape index (κ3) is 10.0. The van der Waals surface area contributed by atoms with Crippen molar-refractivity contribution in [3.05, 3.63) is 35.4 Å². The van der Waals surface area contributed by atoms with E-state index in [0.29, 0.717) is 19.4 Å². The summed E-state index contributed by atoms with van der Waals surface area (Å²) in [6.07, 6.45) is 6.74. The van der Waals surface area contributed by atoms with Crippen LogP contribution in [0.2, 0.25) is 0 Å². The highest BCUT2D eigenvalue weighted by Crippen LogP contribution is 2.26. The Morgan fingerprint density at radius 1 is 1.03 bits per heavy atom. The standard InChI is InChI=1S/C30H49N3O4/c1-8-19-33(28(35)25(20-21(3)4)32-29(36)37-30(5,6)7)26(23-17-15-22(9-2)16-18-23)27(34)31-24-13-11-10-12-14-24/h15-18,21,24-26H,8-14,19-20H2,1-7H3,(H,31,34)(H,32,36). The second-order valence-corrected chi connectivity index (χ2v) is 11.7. The molecule has 0 bridgehead atoms. The van der Waals surface area contributed by atoms with E-state index in [0.717, 1.165) is 37.7 Å². The van der Waals surface area contributed by atoms with Crippen molar-refractivity contribution in [2.45, 2.75) is 124 Å². The van der Waals surface area contributed by atoms with Gasteiger partial charge in [0.25, 0.3) is 0 Å². The molecule has 0 saturated heterocycles. The molecule has 0 aliphatic heterocycles. The molecule has 1 fully saturated rings. The largest absolute Gasteiger partial charge is 0.444 e. The summed E-state index contributed by atoms with van der Waals surface area (Å²) in [5, 5.41) is 6.05. The van der Waals surface area contributed by atoms with E-state index in [1.807, 2.05) is 45.0 Å². The van der Waals surface area contributed by atoms with Gasteiger partial charge in [0.15, 0.2) is 0 Å². The second-order valence-electron chi connectivity index (χ2n) is 11.7. The van der Waals surface area contributed by atoms with Crippen LogP contribution in [0.25, 0.3) is 0 Å². The smallest absolute Gasteiger partial charge is 0.408 e. The molecule has 0 heterocycles. The summed E-state index contributed by atoms with van der Waals surface area (Å²) < 4.78 is 5.46. The van der Waals surface area contributed by atoms with Crippen LogP contribution in [0.1, 0.15) is 111 Å². The van der Waals surface area contributed by atoms with Crippen molar-refractivity contribution in [3.63, 3.8) is 0 Å². The van der Waals surface area contributed by atoms with Gasteiger partial charge >= 0.3 is 6.09 Å². The minimum atomic E-state index is -0.790. The number of ether oxygens (including phenoxy) is 1. The van der Waals surface area contributed by atoms with Gasteiger partial charge in [-0.3, -0.25) is 9.59 Å². The van der Waals surface area contributed by atoms with E-state index in [2.05, 4.69) is 17.6 Å². The van der Waals surface area contributed by atoms with Crippen LogP contribution in [-0.4, -0.2) is 47.0 Å². The molecule has 0 radical (unpaired) electrons. The van der Waals surface area contributed by atoms with Gasteiger partial charge in [0.05, 0.1) is 0 Å². The van der Waals surface area contributed by atoms with Gasteiger partial charge in [-0.15, -0.1) is 0 Å². The van der Waals surface area contributed by atoms with Crippen LogP contribution in [0.4, 0.5) is 4.79 Å². The molecule has 7 nitrogen and oxygen atoms in total. The summed E-state index contributed by atoms with van der Waals surface area (Å²) in [4.78, 5) is 42.2. The first-order valence-electron chi connectivity index (χ1n) is 14.1. The maximum Gasteiger partial charge on any atom is 0.408 e. The zero-order chi connectivity index (χ0) is 27.6. The van der Waals surface area contributed by atoms with Crippen molar-refractivity contribution < 1.29 is 19.1 Å². The Morgan fingerprint density at radius 2 is 1.65 bits per heavy atom. The number of benzene rings is 1. The van der Waals surface area contributed by atoms with Crippen molar-refractivity contribution in [2.75, 3.05) is 6.54 Å². The molecule has 2 N–H and O–H groups in total. The van der Waals surface area contributed by atoms with Gasteiger partial charge in [-0.1, -0.05) is 71.2 Å². The maximum atomic E-state index is 14.1. The summed E-state index contributed by atoms with van der Waals surface area (Å²) in [7, 11) is 0. The molecule has 0 aromatic heterocycles. The van der Waals surface area contributed by atoms with Crippen molar-refractivity contribution in [3.8, 4) is 0 Å². The molecule has 1 saturated carbocycles. The highest BCUT2D eigenvalue weighted by atomic mass is 16.6. The first-order valence-corrected chi connectivity index (χ1v) is 14.1. The number of carbonyl (C=O) groups is 3. The molecule has 3 amide bonds. The zero-order valence-corrected chi connectivity index (χ0v) is 24.1. The molecule has 7 heteroatoms. The molecule has 37 heavy (non-hydrogen) atoms. The van der Waals surface area contributed by atoms with Gasteiger partial charge in [-0.05, 0) is 69.9 Å². The number of nitrogens with zero attached hydrogens (tertiary/aromatic N) is 1. The Morgan fingerprint density at radius 3 is 2.16 bits per heavy atom. The number of nitrogens with one attached hydrogen (secondary N) is 2. The van der Waals surface area contributed by atoms with Gasteiger partial charge in [-0.25, -0.2) is 4.79 Å². The summed E-state index contributed by atoms with van der Waals surface area (Å²) in [6, 6.07) is 6.53. The van der Waals surface area contributed by atoms with Crippen molar-refractivity contribution in [1.29, 1.82) is 0 Å². The minimum absolute atomic E-state index is 0.128. The SMILES string of the molecule is CCCN(C(=O)C(CC(C)C)NC(=O)OC(C)(C)C)C(C(=O)NC1CCCCC1)c1ccc(CC)cc1. The lowest BCUT2D eigenvalue weighted by atomic mass is 9.94. The van der Waals surface area contributed by atoms with Crippen molar-refractivity contribution in [1.82, 2.24) is 15.5 Å². The minimum Gasteiger partial charge on any atom is -0.444 e. The van der Waals surface area contributed by atoms with Crippen LogP contribution in [0.3, 0.4) is 0 Å². The molecule has 1 aliphatic carbocycles. The lowest BCUT2D eigenvalue weighted by Gasteiger charge is -2.36. The predicted octanol–water partition coefficient (Wildman–Crippen LogP) is 5.92. The topological polar surface area (TPSA) is 87.7 Å². The van der Waals surface area contributed by atoms with E-state index < -0.39 is 23.8 Å². The molecule has 1 aromatic rings. The fraction of sp³-hybridized carbons (Fsp3) is 0.700. The highest BCUT2D eigenvalue weighted by molar-refractivity contribution is 5.92. The zero-order valence-electron chi connectivity index (χ0n) is 24.1. The third-order valence-electron chi connectivity index (χ3n) is 6.66. The highest BCUT2D eigenvalue weighted by Gasteiger charge is 2.37. The van der Waals surface area contributed by atoms with E-state index in [4.69, 9.17) is 4.74 Å². The number of carbonyl (C=O) groups excluding carboxylic acids is 3. The van der Waals surface area contributed by atoms with Crippen LogP contribution in [0.15, 0.2) is 24.3 Å². The van der Waals surface area contributed by atoms with E-state index in [9.17, 15) is 14.4 Å². The van der Waals surface area contributed by atoms with Gasteiger partial charge in [0, 0.05) is 12.6 Å². The molecule has 208 valence electrons. The molecule has 2 rings (SSSR count). The van der Waals surface area contributed by atoms with E-state index in [-0.39, 0.29) is 23.8 Å². The third-order valence-corrected chi connectivity index (χ3v) is 6.66. The Bertz CT molecular complexity index is 870. The average Bonchev–Trinajstić information content (AvgIpc) is 2.82. The van der Waals surface area contributed by atoms with Crippen LogP contribution >= 0.6 is 0 Å². The lowest BCUT2D eigenvalue weighted by molar-refractivity contribution is -0.143. The first kappa shape index (κ1) is 30.7. The Labute approximate surface area is 224 Å². The Kier molecular flexibility index (Phi) is 11.9. The van der Waals surface area contributed by atoms with Crippen LogP contribution in [-0.2, 0) is 20.7 Å². The summed E-state index contributed by atoms with van der Waals surface area (Å²) in [6.45, 7) is 13.9. The number of hydrogen-bond acceptors (Lipinski definition) is 4. The molecule has 2 unspecified atom stereocenters. The van der Waals surface area contributed by atoms with Crippen molar-refractivity contribution >= 4 is 17.9 Å². The first-order chi connectivity index (χ1) is 17.4. The number of amides is 3. The molecule has 1 aromatic carbocycles. The van der Waals surface area contributed by atoms with E-state index in [1.165, 1.54) is 12.0 Å². The molecule has 1 aliphatic rings. The second kappa shape index (κ2) is 14.4. The van der Waals surface area contributed by atoms with Gasteiger partial charge in [0.2, 0.25) is 11.8 Å². The molecule has 0 spiro atoms. The quantitative estimate of drug-likeness (QED) is 0.383. The maximum absolute atomic E-state index is 14.1. The summed E-state index contributed by atoms with van der Waals surface area (Å²) in [5.41, 5.74) is 1.28.